The quantitative estimate of drug-likeness (QED) is 0.185. The van der Waals surface area contributed by atoms with E-state index in [9.17, 15) is 0 Å². The fourth-order valence-electron chi connectivity index (χ4n) is 8.75. The fraction of sp³-hybridized carbons (Fsp3) is 0. The second-order valence-corrected chi connectivity index (χ2v) is 13.8. The lowest BCUT2D eigenvalue weighted by Crippen LogP contribution is -2.02. The van der Waals surface area contributed by atoms with Crippen molar-refractivity contribution in [3.8, 4) is 45.0 Å². The summed E-state index contributed by atoms with van der Waals surface area (Å²) in [5, 5.41) is 7.38. The fourth-order valence-corrected chi connectivity index (χ4v) is 8.75. The highest BCUT2D eigenvalue weighted by atomic mass is 15.1. The zero-order valence-electron chi connectivity index (χ0n) is 28.0. The molecule has 8 aromatic carbocycles. The van der Waals surface area contributed by atoms with Gasteiger partial charge in [-0.3, -0.25) is 4.57 Å². The molecule has 11 aromatic rings. The standard InChI is InChI=1S/C48H28N4/c1-2-13-32-29(11-1)12-9-22-42(32)51-43-21-8-5-15-34(43)38-27-30(23-25-44(38)51)31-24-26-45-39(28-31)37-18-10-17-36-33-14-3-4-16-35(33)46-48(52(45)47(36)37)50-41-20-7-6-19-40(41)49-46/h1-28H. The number of benzene rings is 8. The molecule has 4 heterocycles. The van der Waals surface area contributed by atoms with Gasteiger partial charge in [-0.05, 0) is 70.6 Å². The van der Waals surface area contributed by atoms with Crippen LogP contribution in [0.25, 0.3) is 110 Å². The molecular formula is C48H28N4. The van der Waals surface area contributed by atoms with Gasteiger partial charge in [0.15, 0.2) is 5.82 Å². The maximum absolute atomic E-state index is 5.31. The van der Waals surface area contributed by atoms with E-state index in [2.05, 4.69) is 167 Å². The minimum absolute atomic E-state index is 0.867. The minimum Gasteiger partial charge on any atom is -0.309 e. The van der Waals surface area contributed by atoms with Crippen LogP contribution in [0.2, 0.25) is 0 Å². The van der Waals surface area contributed by atoms with Gasteiger partial charge in [0.2, 0.25) is 0 Å². The first-order valence-corrected chi connectivity index (χ1v) is 17.8. The van der Waals surface area contributed by atoms with Crippen LogP contribution in [-0.4, -0.2) is 19.1 Å². The van der Waals surface area contributed by atoms with E-state index in [-0.39, 0.29) is 0 Å². The van der Waals surface area contributed by atoms with Crippen LogP contribution in [0.1, 0.15) is 0 Å². The Balaban J connectivity index is 1.11. The highest BCUT2D eigenvalue weighted by Crippen LogP contribution is 2.46. The molecule has 240 valence electrons. The molecule has 0 unspecified atom stereocenters. The van der Waals surface area contributed by atoms with Gasteiger partial charge in [-0.2, -0.15) is 0 Å². The van der Waals surface area contributed by atoms with Gasteiger partial charge in [-0.25, -0.2) is 9.97 Å². The first-order chi connectivity index (χ1) is 25.8. The third-order valence-corrected chi connectivity index (χ3v) is 11.0. The van der Waals surface area contributed by atoms with Crippen molar-refractivity contribution in [3.63, 3.8) is 0 Å². The molecule has 0 aliphatic carbocycles. The molecule has 0 bridgehead atoms. The van der Waals surface area contributed by atoms with E-state index in [1.54, 1.807) is 0 Å². The summed E-state index contributed by atoms with van der Waals surface area (Å²) in [6, 6.07) is 61.3. The summed E-state index contributed by atoms with van der Waals surface area (Å²) in [5.41, 5.74) is 14.4. The summed E-state index contributed by atoms with van der Waals surface area (Å²) in [7, 11) is 0. The van der Waals surface area contributed by atoms with Gasteiger partial charge in [0.1, 0.15) is 5.69 Å². The SMILES string of the molecule is c1ccc2c(c1)-c1nc3ccccc3nc1-n1c3ccc(-c4ccc5c(c4)c4ccccc4n5-c4cccc5ccccc45)cc3c3cccc-2c31. The molecule has 1 aliphatic heterocycles. The van der Waals surface area contributed by atoms with Crippen molar-refractivity contribution in [2.24, 2.45) is 0 Å². The molecule has 0 N–H and O–H groups in total. The summed E-state index contributed by atoms with van der Waals surface area (Å²) in [6.07, 6.45) is 0. The van der Waals surface area contributed by atoms with E-state index in [0.29, 0.717) is 0 Å². The van der Waals surface area contributed by atoms with Crippen molar-refractivity contribution in [1.29, 1.82) is 0 Å². The van der Waals surface area contributed by atoms with Gasteiger partial charge in [0.05, 0.1) is 38.8 Å². The zero-order valence-corrected chi connectivity index (χ0v) is 28.0. The number of aromatic nitrogens is 4. The highest BCUT2D eigenvalue weighted by Gasteiger charge is 2.27. The van der Waals surface area contributed by atoms with E-state index in [1.807, 2.05) is 12.1 Å². The summed E-state index contributed by atoms with van der Waals surface area (Å²) >= 11 is 0. The molecule has 0 fully saturated rings. The van der Waals surface area contributed by atoms with Gasteiger partial charge < -0.3 is 4.57 Å². The lowest BCUT2D eigenvalue weighted by molar-refractivity contribution is 1.09. The average Bonchev–Trinajstić information content (AvgIpc) is 3.68. The monoisotopic (exact) mass is 660 g/mol. The zero-order chi connectivity index (χ0) is 33.9. The van der Waals surface area contributed by atoms with Crippen molar-refractivity contribution in [1.82, 2.24) is 19.1 Å². The van der Waals surface area contributed by atoms with Crippen LogP contribution in [0.4, 0.5) is 0 Å². The molecule has 0 saturated heterocycles. The van der Waals surface area contributed by atoms with Gasteiger partial charge in [0.25, 0.3) is 0 Å². The maximum atomic E-state index is 5.31. The number of rotatable bonds is 2. The highest BCUT2D eigenvalue weighted by molar-refractivity contribution is 6.17. The molecule has 0 radical (unpaired) electrons. The molecule has 0 spiro atoms. The van der Waals surface area contributed by atoms with Crippen LogP contribution >= 0.6 is 0 Å². The largest absolute Gasteiger partial charge is 0.309 e. The van der Waals surface area contributed by atoms with Crippen LogP contribution < -0.4 is 0 Å². The van der Waals surface area contributed by atoms with E-state index < -0.39 is 0 Å². The van der Waals surface area contributed by atoms with Crippen molar-refractivity contribution < 1.29 is 0 Å². The average molecular weight is 661 g/mol. The maximum Gasteiger partial charge on any atom is 0.165 e. The first kappa shape index (κ1) is 27.7. The lowest BCUT2D eigenvalue weighted by Gasteiger charge is -2.12. The predicted molar refractivity (Wildman–Crippen MR) is 216 cm³/mol. The van der Waals surface area contributed by atoms with E-state index in [1.165, 1.54) is 76.8 Å². The number of fused-ring (bicyclic) bond motifs is 13. The van der Waals surface area contributed by atoms with Gasteiger partial charge in [-0.1, -0.05) is 121 Å². The van der Waals surface area contributed by atoms with Gasteiger partial charge in [0, 0.05) is 38.1 Å². The molecule has 12 rings (SSSR count). The predicted octanol–water partition coefficient (Wildman–Crippen LogP) is 12.3. The van der Waals surface area contributed by atoms with Gasteiger partial charge in [-0.15, -0.1) is 0 Å². The molecular weight excluding hydrogens is 633 g/mol. The second kappa shape index (κ2) is 10.3. The minimum atomic E-state index is 0.867. The topological polar surface area (TPSA) is 35.6 Å². The number of nitrogens with zero attached hydrogens (tertiary/aromatic N) is 4. The molecule has 3 aromatic heterocycles. The van der Waals surface area contributed by atoms with E-state index >= 15 is 0 Å². The molecule has 1 aliphatic rings. The third kappa shape index (κ3) is 3.70. The smallest absolute Gasteiger partial charge is 0.165 e. The molecule has 0 amide bonds. The Morgan fingerprint density at radius 3 is 1.79 bits per heavy atom. The van der Waals surface area contributed by atoms with Crippen molar-refractivity contribution in [2.45, 2.75) is 0 Å². The van der Waals surface area contributed by atoms with Crippen LogP contribution in [-0.2, 0) is 0 Å². The van der Waals surface area contributed by atoms with E-state index in [4.69, 9.17) is 9.97 Å². The Morgan fingerprint density at radius 2 is 0.942 bits per heavy atom. The Hall–Kier alpha value is -7.04. The number of hydrogen-bond donors (Lipinski definition) is 0. The van der Waals surface area contributed by atoms with Crippen molar-refractivity contribution in [3.05, 3.63) is 170 Å². The second-order valence-electron chi connectivity index (χ2n) is 13.8. The van der Waals surface area contributed by atoms with Crippen molar-refractivity contribution in [2.75, 3.05) is 0 Å². The molecule has 4 nitrogen and oxygen atoms in total. The Labute approximate surface area is 298 Å². The third-order valence-electron chi connectivity index (χ3n) is 11.0. The molecule has 0 saturated carbocycles. The van der Waals surface area contributed by atoms with Gasteiger partial charge >= 0.3 is 0 Å². The number of para-hydroxylation sites is 4. The number of hydrogen-bond acceptors (Lipinski definition) is 2. The van der Waals surface area contributed by atoms with Crippen LogP contribution in [0.15, 0.2) is 170 Å². The molecule has 0 atom stereocenters. The summed E-state index contributed by atoms with van der Waals surface area (Å²) in [6.45, 7) is 0. The van der Waals surface area contributed by atoms with Crippen molar-refractivity contribution >= 4 is 65.4 Å². The Morgan fingerprint density at radius 1 is 0.365 bits per heavy atom. The summed E-state index contributed by atoms with van der Waals surface area (Å²) in [5.74, 6) is 0.867. The van der Waals surface area contributed by atoms with Crippen LogP contribution in [0, 0.1) is 0 Å². The first-order valence-electron chi connectivity index (χ1n) is 17.8. The van der Waals surface area contributed by atoms with Crippen LogP contribution in [0.5, 0.6) is 0 Å². The Bertz CT molecular complexity index is 3300. The molecule has 52 heavy (non-hydrogen) atoms. The Kier molecular flexibility index (Phi) is 5.47. The summed E-state index contributed by atoms with van der Waals surface area (Å²) in [4.78, 5) is 10.6. The molecule has 4 heteroatoms. The normalized spacial score (nSPS) is 12.2. The lowest BCUT2D eigenvalue weighted by atomic mass is 9.96. The van der Waals surface area contributed by atoms with Crippen LogP contribution in [0.3, 0.4) is 0 Å². The van der Waals surface area contributed by atoms with E-state index in [0.717, 1.165) is 33.6 Å². The summed E-state index contributed by atoms with van der Waals surface area (Å²) < 4.78 is 4.77.